The molecule has 1 saturated carbocycles. The molecule has 1 saturated heterocycles. The predicted molar refractivity (Wildman–Crippen MR) is 68.9 cm³/mol. The van der Waals surface area contributed by atoms with E-state index in [1.807, 2.05) is 0 Å². The maximum atomic E-state index is 11.7. The average molecular weight is 236 g/mol. The van der Waals surface area contributed by atoms with Gasteiger partial charge in [0, 0.05) is 13.0 Å². The van der Waals surface area contributed by atoms with Gasteiger partial charge in [0.15, 0.2) is 5.78 Å². The molecule has 2 atom stereocenters. The minimum absolute atomic E-state index is 0.0690. The van der Waals surface area contributed by atoms with Crippen molar-refractivity contribution in [1.82, 2.24) is 0 Å². The third kappa shape index (κ3) is 2.98. The van der Waals surface area contributed by atoms with Crippen LogP contribution in [0.25, 0.3) is 0 Å². The van der Waals surface area contributed by atoms with E-state index in [4.69, 9.17) is 4.74 Å². The summed E-state index contributed by atoms with van der Waals surface area (Å²) in [6.45, 7) is 3.04. The molecule has 17 heavy (non-hydrogen) atoms. The van der Waals surface area contributed by atoms with Crippen molar-refractivity contribution in [2.75, 3.05) is 6.61 Å². The number of fused-ring (bicyclic) bond motifs is 1. The number of ketones is 1. The van der Waals surface area contributed by atoms with Gasteiger partial charge in [0.25, 0.3) is 0 Å². The summed E-state index contributed by atoms with van der Waals surface area (Å²) in [6.07, 6.45) is 12.7. The lowest BCUT2D eigenvalue weighted by atomic mass is 9.90. The van der Waals surface area contributed by atoms with Crippen LogP contribution in [0.15, 0.2) is 12.2 Å². The summed E-state index contributed by atoms with van der Waals surface area (Å²) in [4.78, 5) is 11.7. The second kappa shape index (κ2) is 5.81. The maximum absolute atomic E-state index is 11.7. The first kappa shape index (κ1) is 12.8. The summed E-state index contributed by atoms with van der Waals surface area (Å²) in [5, 5.41) is 0. The van der Waals surface area contributed by atoms with Gasteiger partial charge < -0.3 is 4.74 Å². The molecule has 0 radical (unpaired) electrons. The lowest BCUT2D eigenvalue weighted by Gasteiger charge is -2.24. The number of allylic oxidation sites excluding steroid dienone is 1. The van der Waals surface area contributed by atoms with Gasteiger partial charge in [-0.15, -0.1) is 0 Å². The Balaban J connectivity index is 1.84. The predicted octanol–water partition coefficient (Wildman–Crippen LogP) is 3.65. The largest absolute Gasteiger partial charge is 0.371 e. The Morgan fingerprint density at radius 1 is 1.41 bits per heavy atom. The molecule has 96 valence electrons. The fraction of sp³-hybridized carbons (Fsp3) is 0.800. The number of carbonyl (C=O) groups is 1. The molecule has 0 aromatic carbocycles. The molecule has 2 nitrogen and oxygen atoms in total. The Labute approximate surface area is 104 Å². The van der Waals surface area contributed by atoms with E-state index < -0.39 is 0 Å². The lowest BCUT2D eigenvalue weighted by Crippen LogP contribution is -2.27. The monoisotopic (exact) mass is 236 g/mol. The fourth-order valence-corrected chi connectivity index (χ4v) is 3.18. The maximum Gasteiger partial charge on any atom is 0.155 e. The first-order valence-corrected chi connectivity index (χ1v) is 7.13. The topological polar surface area (TPSA) is 26.3 Å². The van der Waals surface area contributed by atoms with E-state index in [0.717, 1.165) is 25.9 Å². The summed E-state index contributed by atoms with van der Waals surface area (Å²) < 4.78 is 5.90. The number of ether oxygens (including phenoxy) is 1. The van der Waals surface area contributed by atoms with Gasteiger partial charge in [0.05, 0.1) is 5.60 Å². The quantitative estimate of drug-likeness (QED) is 0.520. The summed E-state index contributed by atoms with van der Waals surface area (Å²) in [7, 11) is 0. The minimum atomic E-state index is -0.0690. The molecule has 2 aliphatic rings. The van der Waals surface area contributed by atoms with Crippen molar-refractivity contribution in [2.45, 2.75) is 63.9 Å². The molecule has 2 unspecified atom stereocenters. The van der Waals surface area contributed by atoms with E-state index in [1.54, 1.807) is 6.08 Å². The van der Waals surface area contributed by atoms with Gasteiger partial charge in [-0.2, -0.15) is 0 Å². The van der Waals surface area contributed by atoms with Crippen LogP contribution < -0.4 is 0 Å². The Morgan fingerprint density at radius 3 is 3.12 bits per heavy atom. The Morgan fingerprint density at radius 2 is 2.29 bits per heavy atom. The van der Waals surface area contributed by atoms with E-state index in [1.165, 1.54) is 25.7 Å². The van der Waals surface area contributed by atoms with Crippen LogP contribution in [0.1, 0.15) is 58.3 Å². The molecule has 1 aliphatic carbocycles. The molecule has 0 bridgehead atoms. The van der Waals surface area contributed by atoms with Crippen LogP contribution in [0.5, 0.6) is 0 Å². The van der Waals surface area contributed by atoms with Crippen molar-refractivity contribution in [3.05, 3.63) is 12.2 Å². The highest BCUT2D eigenvalue weighted by Crippen LogP contribution is 2.46. The molecule has 0 aromatic heterocycles. The number of rotatable bonds is 6. The van der Waals surface area contributed by atoms with E-state index in [2.05, 4.69) is 13.0 Å². The van der Waals surface area contributed by atoms with E-state index >= 15 is 0 Å². The third-order valence-corrected chi connectivity index (χ3v) is 4.23. The normalized spacial score (nSPS) is 32.2. The number of unbranched alkanes of at least 4 members (excludes halogenated alkanes) is 2. The van der Waals surface area contributed by atoms with Crippen molar-refractivity contribution in [1.29, 1.82) is 0 Å². The van der Waals surface area contributed by atoms with Crippen LogP contribution in [0.2, 0.25) is 0 Å². The molecule has 2 heteroatoms. The molecule has 2 fully saturated rings. The lowest BCUT2D eigenvalue weighted by molar-refractivity contribution is -0.114. The third-order valence-electron chi connectivity index (χ3n) is 4.23. The van der Waals surface area contributed by atoms with E-state index in [-0.39, 0.29) is 11.4 Å². The first-order valence-electron chi connectivity index (χ1n) is 7.13. The summed E-state index contributed by atoms with van der Waals surface area (Å²) >= 11 is 0. The molecular formula is C15H24O2. The highest BCUT2D eigenvalue weighted by Gasteiger charge is 2.45. The van der Waals surface area contributed by atoms with Crippen molar-refractivity contribution >= 4 is 5.78 Å². The summed E-state index contributed by atoms with van der Waals surface area (Å²) in [6, 6.07) is 0. The summed E-state index contributed by atoms with van der Waals surface area (Å²) in [5.41, 5.74) is -0.0690. The van der Waals surface area contributed by atoms with Gasteiger partial charge in [-0.25, -0.2) is 0 Å². The van der Waals surface area contributed by atoms with Crippen molar-refractivity contribution in [3.63, 3.8) is 0 Å². The van der Waals surface area contributed by atoms with Gasteiger partial charge in [-0.05, 0) is 50.2 Å². The number of hydrogen-bond acceptors (Lipinski definition) is 2. The van der Waals surface area contributed by atoms with Crippen LogP contribution >= 0.6 is 0 Å². The Bertz CT molecular complexity index is 283. The molecule has 0 N–H and O–H groups in total. The molecule has 0 aromatic rings. The van der Waals surface area contributed by atoms with Crippen LogP contribution in [0.3, 0.4) is 0 Å². The van der Waals surface area contributed by atoms with Crippen molar-refractivity contribution in [3.8, 4) is 0 Å². The zero-order chi connectivity index (χ0) is 12.1. The van der Waals surface area contributed by atoms with Crippen molar-refractivity contribution < 1.29 is 9.53 Å². The molecule has 0 spiro atoms. The molecule has 2 rings (SSSR count). The highest BCUT2D eigenvalue weighted by molar-refractivity contribution is 5.89. The average Bonchev–Trinajstić information content (AvgIpc) is 2.85. The van der Waals surface area contributed by atoms with E-state index in [0.29, 0.717) is 12.3 Å². The first-order chi connectivity index (χ1) is 8.27. The molecular weight excluding hydrogens is 212 g/mol. The van der Waals surface area contributed by atoms with Crippen LogP contribution in [-0.4, -0.2) is 18.0 Å². The molecule has 1 heterocycles. The smallest absolute Gasteiger partial charge is 0.155 e. The zero-order valence-corrected chi connectivity index (χ0v) is 10.9. The second-order valence-electron chi connectivity index (χ2n) is 5.44. The van der Waals surface area contributed by atoms with Crippen LogP contribution in [0.4, 0.5) is 0 Å². The minimum Gasteiger partial charge on any atom is -0.371 e. The van der Waals surface area contributed by atoms with Gasteiger partial charge in [0.1, 0.15) is 0 Å². The van der Waals surface area contributed by atoms with E-state index in [9.17, 15) is 4.79 Å². The van der Waals surface area contributed by atoms with Crippen molar-refractivity contribution in [2.24, 2.45) is 5.92 Å². The SMILES string of the molecule is CCCCCC(=O)/C=C/C12CCCC1CCO2. The Kier molecular flexibility index (Phi) is 4.38. The van der Waals surface area contributed by atoms with Gasteiger partial charge in [-0.1, -0.05) is 19.8 Å². The van der Waals surface area contributed by atoms with Crippen LogP contribution in [0, 0.1) is 5.92 Å². The second-order valence-corrected chi connectivity index (χ2v) is 5.44. The van der Waals surface area contributed by atoms with Gasteiger partial charge in [-0.3, -0.25) is 4.79 Å². The number of hydrogen-bond donors (Lipinski definition) is 0. The van der Waals surface area contributed by atoms with Gasteiger partial charge >= 0.3 is 0 Å². The Hall–Kier alpha value is -0.630. The van der Waals surface area contributed by atoms with Crippen LogP contribution in [-0.2, 0) is 9.53 Å². The fourth-order valence-electron chi connectivity index (χ4n) is 3.18. The molecule has 0 amide bonds. The standard InChI is InChI=1S/C15H24O2/c1-2-3-4-7-14(16)8-11-15-10-5-6-13(15)9-12-17-15/h8,11,13H,2-7,9-10,12H2,1H3/b11-8+. The molecule has 1 aliphatic heterocycles. The van der Waals surface area contributed by atoms with Gasteiger partial charge in [0.2, 0.25) is 0 Å². The summed E-state index contributed by atoms with van der Waals surface area (Å²) in [5.74, 6) is 0.941. The number of carbonyl (C=O) groups excluding carboxylic acids is 1. The highest BCUT2D eigenvalue weighted by atomic mass is 16.5. The zero-order valence-electron chi connectivity index (χ0n) is 10.9.